The summed E-state index contributed by atoms with van der Waals surface area (Å²) in [5, 5.41) is 3.77. The van der Waals surface area contributed by atoms with E-state index in [1.54, 1.807) is 12.3 Å². The standard InChI is InChI=1S/C31H33FN4O3/c1-3-39-28-7-5-4-6-22(28)18-34-31(38)25-10-8-20(2)35-30(25)21-12-14-36(15-13-21)29(37)16-23-19-33-27-11-9-24(32)17-26(23)27/h4-11,17,19,21,33H,3,12-16,18H2,1-2H3,(H,34,38). The average molecular weight is 529 g/mol. The molecule has 0 saturated carbocycles. The quantitative estimate of drug-likeness (QED) is 0.325. The Morgan fingerprint density at radius 3 is 2.69 bits per heavy atom. The van der Waals surface area contributed by atoms with Gasteiger partial charge in [-0.25, -0.2) is 4.39 Å². The molecule has 2 aromatic carbocycles. The van der Waals surface area contributed by atoms with Crippen molar-refractivity contribution >= 4 is 22.7 Å². The normalized spacial score (nSPS) is 14.0. The lowest BCUT2D eigenvalue weighted by Gasteiger charge is -2.32. The van der Waals surface area contributed by atoms with Crippen molar-refractivity contribution in [3.05, 3.63) is 94.7 Å². The van der Waals surface area contributed by atoms with Crippen molar-refractivity contribution in [2.24, 2.45) is 0 Å². The Labute approximate surface area is 227 Å². The molecule has 3 heterocycles. The summed E-state index contributed by atoms with van der Waals surface area (Å²) in [7, 11) is 0. The van der Waals surface area contributed by atoms with E-state index in [9.17, 15) is 14.0 Å². The molecule has 1 saturated heterocycles. The number of nitrogens with zero attached hydrogens (tertiary/aromatic N) is 2. The van der Waals surface area contributed by atoms with Crippen molar-refractivity contribution < 1.29 is 18.7 Å². The van der Waals surface area contributed by atoms with Crippen molar-refractivity contribution in [2.75, 3.05) is 19.7 Å². The fourth-order valence-electron chi connectivity index (χ4n) is 5.27. The van der Waals surface area contributed by atoms with Crippen LogP contribution in [0.25, 0.3) is 10.9 Å². The van der Waals surface area contributed by atoms with Crippen molar-refractivity contribution in [1.82, 2.24) is 20.2 Å². The summed E-state index contributed by atoms with van der Waals surface area (Å²) in [5.74, 6) is 0.362. The Balaban J connectivity index is 1.24. The maximum absolute atomic E-state index is 13.7. The number of benzene rings is 2. The van der Waals surface area contributed by atoms with Gasteiger partial charge in [-0.2, -0.15) is 0 Å². The number of aromatic nitrogens is 2. The number of pyridine rings is 1. The highest BCUT2D eigenvalue weighted by Crippen LogP contribution is 2.30. The molecular weight excluding hydrogens is 495 g/mol. The van der Waals surface area contributed by atoms with Gasteiger partial charge in [0.25, 0.3) is 5.91 Å². The van der Waals surface area contributed by atoms with Gasteiger partial charge >= 0.3 is 0 Å². The first-order valence-electron chi connectivity index (χ1n) is 13.4. The molecule has 0 radical (unpaired) electrons. The molecule has 7 nitrogen and oxygen atoms in total. The summed E-state index contributed by atoms with van der Waals surface area (Å²) in [6.45, 7) is 5.93. The Kier molecular flexibility index (Phi) is 7.91. The number of likely N-dealkylation sites (tertiary alicyclic amines) is 1. The maximum Gasteiger partial charge on any atom is 0.253 e. The van der Waals surface area contributed by atoms with E-state index in [-0.39, 0.29) is 30.0 Å². The molecule has 0 unspecified atom stereocenters. The van der Waals surface area contributed by atoms with E-state index in [2.05, 4.69) is 10.3 Å². The fraction of sp³-hybridized carbons (Fsp3) is 0.323. The molecule has 39 heavy (non-hydrogen) atoms. The Morgan fingerprint density at radius 1 is 1.10 bits per heavy atom. The van der Waals surface area contributed by atoms with Gasteiger partial charge in [0.2, 0.25) is 5.91 Å². The molecule has 1 aliphatic rings. The smallest absolute Gasteiger partial charge is 0.253 e. The molecule has 0 atom stereocenters. The fourth-order valence-corrected chi connectivity index (χ4v) is 5.27. The zero-order valence-corrected chi connectivity index (χ0v) is 22.3. The van der Waals surface area contributed by atoms with E-state index in [4.69, 9.17) is 9.72 Å². The molecule has 0 aliphatic carbocycles. The number of nitrogens with one attached hydrogen (secondary N) is 2. The first-order valence-corrected chi connectivity index (χ1v) is 13.4. The first-order chi connectivity index (χ1) is 18.9. The topological polar surface area (TPSA) is 87.3 Å². The highest BCUT2D eigenvalue weighted by molar-refractivity contribution is 5.95. The van der Waals surface area contributed by atoms with Crippen LogP contribution in [0.5, 0.6) is 5.75 Å². The Hall–Kier alpha value is -4.20. The van der Waals surface area contributed by atoms with Crippen LogP contribution < -0.4 is 10.1 Å². The number of rotatable bonds is 8. The number of amides is 2. The lowest BCUT2D eigenvalue weighted by atomic mass is 9.89. The molecule has 1 fully saturated rings. The summed E-state index contributed by atoms with van der Waals surface area (Å²) in [6, 6.07) is 15.9. The zero-order chi connectivity index (χ0) is 27.4. The molecule has 0 spiro atoms. The van der Waals surface area contributed by atoms with Crippen molar-refractivity contribution in [2.45, 2.75) is 45.6 Å². The highest BCUT2D eigenvalue weighted by atomic mass is 19.1. The van der Waals surface area contributed by atoms with Gasteiger partial charge in [-0.1, -0.05) is 18.2 Å². The number of ether oxygens (including phenoxy) is 1. The van der Waals surface area contributed by atoms with Gasteiger partial charge < -0.3 is 19.9 Å². The van der Waals surface area contributed by atoms with Gasteiger partial charge in [0.05, 0.1) is 24.3 Å². The van der Waals surface area contributed by atoms with Crippen LogP contribution in [0.3, 0.4) is 0 Å². The molecule has 2 aromatic heterocycles. The molecule has 2 amide bonds. The van der Waals surface area contributed by atoms with E-state index in [0.29, 0.717) is 31.8 Å². The molecule has 202 valence electrons. The van der Waals surface area contributed by atoms with Crippen molar-refractivity contribution in [1.29, 1.82) is 0 Å². The minimum atomic E-state index is -0.319. The van der Waals surface area contributed by atoms with Gasteiger partial charge in [-0.3, -0.25) is 14.6 Å². The second kappa shape index (κ2) is 11.7. The van der Waals surface area contributed by atoms with Crippen LogP contribution in [0, 0.1) is 12.7 Å². The number of fused-ring (bicyclic) bond motifs is 1. The summed E-state index contributed by atoms with van der Waals surface area (Å²) in [5.41, 5.74) is 4.73. The number of aryl methyl sites for hydroxylation is 1. The largest absolute Gasteiger partial charge is 0.494 e. The van der Waals surface area contributed by atoms with Gasteiger partial charge in [0.1, 0.15) is 11.6 Å². The number of aromatic amines is 1. The summed E-state index contributed by atoms with van der Waals surface area (Å²) >= 11 is 0. The van der Waals surface area contributed by atoms with E-state index < -0.39 is 0 Å². The third-order valence-electron chi connectivity index (χ3n) is 7.33. The van der Waals surface area contributed by atoms with Gasteiger partial charge in [-0.15, -0.1) is 0 Å². The number of piperidine rings is 1. The van der Waals surface area contributed by atoms with Crippen LogP contribution in [0.4, 0.5) is 4.39 Å². The van der Waals surface area contributed by atoms with Crippen LogP contribution in [-0.2, 0) is 17.8 Å². The first kappa shape index (κ1) is 26.4. The maximum atomic E-state index is 13.7. The number of carbonyl (C=O) groups excluding carboxylic acids is 2. The number of halogens is 1. The molecular formula is C31H33FN4O3. The van der Waals surface area contributed by atoms with Gasteiger partial charge in [0.15, 0.2) is 0 Å². The van der Waals surface area contributed by atoms with Gasteiger partial charge in [0, 0.05) is 53.9 Å². The molecule has 2 N–H and O–H groups in total. The molecule has 5 rings (SSSR count). The predicted molar refractivity (Wildman–Crippen MR) is 148 cm³/mol. The van der Waals surface area contributed by atoms with Crippen molar-refractivity contribution in [3.63, 3.8) is 0 Å². The summed E-state index contributed by atoms with van der Waals surface area (Å²) < 4.78 is 19.4. The minimum Gasteiger partial charge on any atom is -0.494 e. The van der Waals surface area contributed by atoms with E-state index >= 15 is 0 Å². The summed E-state index contributed by atoms with van der Waals surface area (Å²) in [4.78, 5) is 36.1. The van der Waals surface area contributed by atoms with E-state index in [0.717, 1.165) is 52.0 Å². The van der Waals surface area contributed by atoms with Crippen LogP contribution in [0.15, 0.2) is 60.8 Å². The number of carbonyl (C=O) groups is 2. The third kappa shape index (κ3) is 5.95. The second-order valence-corrected chi connectivity index (χ2v) is 9.94. The van der Waals surface area contributed by atoms with Crippen LogP contribution in [0.1, 0.15) is 58.6 Å². The van der Waals surface area contributed by atoms with E-state index in [1.807, 2.05) is 55.1 Å². The molecule has 8 heteroatoms. The summed E-state index contributed by atoms with van der Waals surface area (Å²) in [6.07, 6.45) is 3.44. The van der Waals surface area contributed by atoms with E-state index in [1.165, 1.54) is 12.1 Å². The molecule has 4 aromatic rings. The molecule has 1 aliphatic heterocycles. The second-order valence-electron chi connectivity index (χ2n) is 9.94. The Bertz CT molecular complexity index is 1490. The molecule has 0 bridgehead atoms. The lowest BCUT2D eigenvalue weighted by molar-refractivity contribution is -0.131. The zero-order valence-electron chi connectivity index (χ0n) is 22.3. The average Bonchev–Trinajstić information content (AvgIpc) is 3.34. The highest BCUT2D eigenvalue weighted by Gasteiger charge is 2.28. The van der Waals surface area contributed by atoms with Crippen LogP contribution in [-0.4, -0.2) is 46.4 Å². The van der Waals surface area contributed by atoms with Crippen molar-refractivity contribution in [3.8, 4) is 5.75 Å². The third-order valence-corrected chi connectivity index (χ3v) is 7.33. The van der Waals surface area contributed by atoms with Gasteiger partial charge in [-0.05, 0) is 68.7 Å². The number of para-hydroxylation sites is 1. The van der Waals surface area contributed by atoms with Crippen LogP contribution in [0.2, 0.25) is 0 Å². The SMILES string of the molecule is CCOc1ccccc1CNC(=O)c1ccc(C)nc1C1CCN(C(=O)Cc2c[nH]c3ccc(F)cc23)CC1. The van der Waals surface area contributed by atoms with Crippen LogP contribution >= 0.6 is 0 Å². The Morgan fingerprint density at radius 2 is 1.90 bits per heavy atom. The number of hydrogen-bond acceptors (Lipinski definition) is 4. The monoisotopic (exact) mass is 528 g/mol. The lowest BCUT2D eigenvalue weighted by Crippen LogP contribution is -2.39. The minimum absolute atomic E-state index is 0.0155. The number of H-pyrrole nitrogens is 1. The number of hydrogen-bond donors (Lipinski definition) is 2. The predicted octanol–water partition coefficient (Wildman–Crippen LogP) is 5.29.